The van der Waals surface area contributed by atoms with Crippen LogP contribution in [0.1, 0.15) is 40.5 Å². The fourth-order valence-corrected chi connectivity index (χ4v) is 4.20. The number of halogens is 2. The number of hydrogen-bond acceptors (Lipinski definition) is 5. The van der Waals surface area contributed by atoms with Gasteiger partial charge in [0.25, 0.3) is 5.91 Å². The number of aromatic nitrogens is 2. The number of esters is 1. The monoisotopic (exact) mass is 457 g/mol. The first-order valence-electron chi connectivity index (χ1n) is 10.0. The second-order valence-corrected chi connectivity index (χ2v) is 8.58. The number of fused-ring (bicyclic) bond motifs is 2. The molecule has 0 aliphatic heterocycles. The quantitative estimate of drug-likeness (QED) is 0.546. The van der Waals surface area contributed by atoms with Crippen molar-refractivity contribution >= 4 is 51.8 Å². The summed E-state index contributed by atoms with van der Waals surface area (Å²) in [6, 6.07) is 7.50. The Kier molecular flexibility index (Phi) is 6.12. The molecular weight excluding hydrogens is 437 g/mol. The maximum atomic E-state index is 13.1. The van der Waals surface area contributed by atoms with E-state index < -0.39 is 18.5 Å². The van der Waals surface area contributed by atoms with E-state index in [1.54, 1.807) is 6.92 Å². The highest BCUT2D eigenvalue weighted by Gasteiger charge is 2.26. The zero-order valence-corrected chi connectivity index (χ0v) is 18.7. The van der Waals surface area contributed by atoms with Crippen molar-refractivity contribution in [3.8, 4) is 0 Å². The lowest BCUT2D eigenvalue weighted by atomic mass is 9.84. The number of nitrogens with one attached hydrogen (secondary N) is 1. The molecule has 0 spiro atoms. The van der Waals surface area contributed by atoms with Gasteiger partial charge in [-0.1, -0.05) is 48.3 Å². The second-order valence-electron chi connectivity index (χ2n) is 7.80. The summed E-state index contributed by atoms with van der Waals surface area (Å²) in [6.45, 7) is 3.42. The first-order valence-corrected chi connectivity index (χ1v) is 10.8. The van der Waals surface area contributed by atoms with Crippen molar-refractivity contribution in [3.63, 3.8) is 0 Å². The molecule has 1 aliphatic rings. The molecule has 160 valence electrons. The van der Waals surface area contributed by atoms with Gasteiger partial charge in [0.1, 0.15) is 0 Å². The molecule has 0 bridgehead atoms. The number of anilines is 1. The van der Waals surface area contributed by atoms with Crippen LogP contribution >= 0.6 is 23.2 Å². The minimum Gasteiger partial charge on any atom is -0.452 e. The fraction of sp³-hybridized carbons (Fsp3) is 0.304. The van der Waals surface area contributed by atoms with Crippen LogP contribution in [0.15, 0.2) is 30.5 Å². The zero-order chi connectivity index (χ0) is 22.1. The Balaban J connectivity index is 1.56. The van der Waals surface area contributed by atoms with Gasteiger partial charge in [-0.25, -0.2) is 9.78 Å². The third-order valence-corrected chi connectivity index (χ3v) is 6.35. The summed E-state index contributed by atoms with van der Waals surface area (Å²) >= 11 is 12.2. The predicted octanol–water partition coefficient (Wildman–Crippen LogP) is 5.17. The van der Waals surface area contributed by atoms with Crippen LogP contribution in [-0.4, -0.2) is 28.5 Å². The van der Waals surface area contributed by atoms with E-state index in [0.717, 1.165) is 41.4 Å². The summed E-state index contributed by atoms with van der Waals surface area (Å²) in [5.41, 5.74) is 3.70. The van der Waals surface area contributed by atoms with E-state index >= 15 is 0 Å². The highest BCUT2D eigenvalue weighted by atomic mass is 35.5. The molecule has 0 saturated carbocycles. The number of carbonyl (C=O) groups excluding carboxylic acids is 2. The lowest BCUT2D eigenvalue weighted by Gasteiger charge is -2.24. The molecule has 1 aromatic carbocycles. The molecule has 1 unspecified atom stereocenters. The van der Waals surface area contributed by atoms with Gasteiger partial charge in [-0.2, -0.15) is 0 Å². The van der Waals surface area contributed by atoms with Crippen molar-refractivity contribution < 1.29 is 14.3 Å². The Morgan fingerprint density at radius 2 is 2.03 bits per heavy atom. The minimum atomic E-state index is -0.537. The Labute approximate surface area is 189 Å². The lowest BCUT2D eigenvalue weighted by molar-refractivity contribution is -0.119. The SMILES string of the molecule is Cc1c(Cl)cnc(NC(=O)COC(=O)c2c3c(nc4ccccc24)CCC(C)C3)c1Cl. The fourth-order valence-electron chi connectivity index (χ4n) is 3.81. The molecule has 0 saturated heterocycles. The molecule has 2 heterocycles. The van der Waals surface area contributed by atoms with E-state index in [0.29, 0.717) is 22.1 Å². The Bertz CT molecular complexity index is 1200. The first kappa shape index (κ1) is 21.5. The van der Waals surface area contributed by atoms with Crippen LogP contribution in [0.4, 0.5) is 5.82 Å². The van der Waals surface area contributed by atoms with Crippen molar-refractivity contribution in [1.82, 2.24) is 9.97 Å². The molecule has 8 heteroatoms. The Morgan fingerprint density at radius 3 is 2.84 bits per heavy atom. The molecular formula is C23H21Cl2N3O3. The van der Waals surface area contributed by atoms with Crippen LogP contribution in [0.5, 0.6) is 0 Å². The summed E-state index contributed by atoms with van der Waals surface area (Å²) < 4.78 is 5.39. The number of aryl methyl sites for hydroxylation is 1. The average molecular weight is 458 g/mol. The van der Waals surface area contributed by atoms with Gasteiger partial charge in [0.05, 0.1) is 21.1 Å². The van der Waals surface area contributed by atoms with Gasteiger partial charge in [-0.15, -0.1) is 0 Å². The number of para-hydroxylation sites is 1. The second kappa shape index (κ2) is 8.81. The van der Waals surface area contributed by atoms with E-state index in [1.165, 1.54) is 6.20 Å². The van der Waals surface area contributed by atoms with Gasteiger partial charge in [0.15, 0.2) is 12.4 Å². The highest BCUT2D eigenvalue weighted by molar-refractivity contribution is 6.37. The molecule has 0 fully saturated rings. The van der Waals surface area contributed by atoms with E-state index in [-0.39, 0.29) is 10.8 Å². The number of ether oxygens (including phenoxy) is 1. The molecule has 2 aromatic heterocycles. The van der Waals surface area contributed by atoms with Gasteiger partial charge in [0.2, 0.25) is 0 Å². The van der Waals surface area contributed by atoms with E-state index in [4.69, 9.17) is 32.9 Å². The van der Waals surface area contributed by atoms with Gasteiger partial charge in [-0.05, 0) is 49.3 Å². The van der Waals surface area contributed by atoms with Gasteiger partial charge >= 0.3 is 5.97 Å². The number of rotatable bonds is 4. The molecule has 4 rings (SSSR count). The van der Waals surface area contributed by atoms with E-state index in [2.05, 4.69) is 17.2 Å². The van der Waals surface area contributed by atoms with Gasteiger partial charge < -0.3 is 10.1 Å². The van der Waals surface area contributed by atoms with Crippen LogP contribution in [0, 0.1) is 12.8 Å². The number of nitrogens with zero attached hydrogens (tertiary/aromatic N) is 2. The van der Waals surface area contributed by atoms with E-state index in [1.807, 2.05) is 24.3 Å². The molecule has 0 radical (unpaired) electrons. The van der Waals surface area contributed by atoms with Crippen molar-refractivity contribution in [2.75, 3.05) is 11.9 Å². The topological polar surface area (TPSA) is 81.2 Å². The van der Waals surface area contributed by atoms with Crippen LogP contribution < -0.4 is 5.32 Å². The number of carbonyl (C=O) groups is 2. The van der Waals surface area contributed by atoms with Crippen LogP contribution in [0.3, 0.4) is 0 Å². The number of hydrogen-bond donors (Lipinski definition) is 1. The van der Waals surface area contributed by atoms with E-state index in [9.17, 15) is 9.59 Å². The standard InChI is InChI=1S/C23H21Cl2N3O3/c1-12-7-8-18-15(9-12)20(14-5-3-4-6-17(14)27-18)23(30)31-11-19(29)28-22-21(25)13(2)16(24)10-26-22/h3-6,10,12H,7-9,11H2,1-2H3,(H,26,28,29). The van der Waals surface area contributed by atoms with Crippen molar-refractivity contribution in [3.05, 3.63) is 62.9 Å². The molecule has 1 atom stereocenters. The number of amides is 1. The number of benzene rings is 1. The Morgan fingerprint density at radius 1 is 1.26 bits per heavy atom. The van der Waals surface area contributed by atoms with Gasteiger partial charge in [0, 0.05) is 17.3 Å². The Hall–Kier alpha value is -2.70. The summed E-state index contributed by atoms with van der Waals surface area (Å²) in [5, 5.41) is 3.94. The molecule has 3 aromatic rings. The van der Waals surface area contributed by atoms with Crippen molar-refractivity contribution in [2.45, 2.75) is 33.1 Å². The summed E-state index contributed by atoms with van der Waals surface area (Å²) in [6.07, 6.45) is 4.01. The minimum absolute atomic E-state index is 0.171. The normalized spacial score (nSPS) is 15.4. The molecule has 1 N–H and O–H groups in total. The van der Waals surface area contributed by atoms with Crippen molar-refractivity contribution in [2.24, 2.45) is 5.92 Å². The maximum Gasteiger partial charge on any atom is 0.339 e. The highest BCUT2D eigenvalue weighted by Crippen LogP contribution is 2.32. The van der Waals surface area contributed by atoms with Crippen LogP contribution in [-0.2, 0) is 22.4 Å². The summed E-state index contributed by atoms with van der Waals surface area (Å²) in [5.74, 6) is -0.452. The summed E-state index contributed by atoms with van der Waals surface area (Å²) in [4.78, 5) is 34.2. The maximum absolute atomic E-state index is 13.1. The largest absolute Gasteiger partial charge is 0.452 e. The molecule has 31 heavy (non-hydrogen) atoms. The smallest absolute Gasteiger partial charge is 0.339 e. The molecule has 1 amide bonds. The molecule has 6 nitrogen and oxygen atoms in total. The first-order chi connectivity index (χ1) is 14.8. The van der Waals surface area contributed by atoms with Crippen molar-refractivity contribution in [1.29, 1.82) is 0 Å². The average Bonchev–Trinajstić information content (AvgIpc) is 2.76. The van der Waals surface area contributed by atoms with Crippen LogP contribution in [0.25, 0.3) is 10.9 Å². The lowest BCUT2D eigenvalue weighted by Crippen LogP contribution is -2.24. The predicted molar refractivity (Wildman–Crippen MR) is 121 cm³/mol. The van der Waals surface area contributed by atoms with Gasteiger partial charge in [-0.3, -0.25) is 9.78 Å². The van der Waals surface area contributed by atoms with Crippen LogP contribution in [0.2, 0.25) is 10.0 Å². The number of pyridine rings is 2. The summed E-state index contributed by atoms with van der Waals surface area (Å²) in [7, 11) is 0. The molecule has 1 aliphatic carbocycles. The third kappa shape index (κ3) is 4.36. The third-order valence-electron chi connectivity index (χ3n) is 5.50. The zero-order valence-electron chi connectivity index (χ0n) is 17.2.